The van der Waals surface area contributed by atoms with E-state index >= 15 is 0 Å². The molecule has 0 atom stereocenters. The molecule has 0 aliphatic rings. The highest BCUT2D eigenvalue weighted by molar-refractivity contribution is 5.86. The number of pyridine rings is 1. The zero-order chi connectivity index (χ0) is 13.2. The lowest BCUT2D eigenvalue weighted by molar-refractivity contribution is 0.0209. The van der Waals surface area contributed by atoms with Crippen molar-refractivity contribution in [2.75, 3.05) is 0 Å². The van der Waals surface area contributed by atoms with Crippen molar-refractivity contribution >= 4 is 17.1 Å². The van der Waals surface area contributed by atoms with Crippen molar-refractivity contribution in [1.82, 2.24) is 4.98 Å². The first-order valence-electron chi connectivity index (χ1n) is 5.70. The number of carbonyl (C=O) groups excluding carboxylic acids is 1. The Morgan fingerprint density at radius 3 is 2.61 bits per heavy atom. The quantitative estimate of drug-likeness (QED) is 0.569. The van der Waals surface area contributed by atoms with Gasteiger partial charge in [0, 0.05) is 11.6 Å². The van der Waals surface area contributed by atoms with Crippen LogP contribution < -0.4 is 4.74 Å². The lowest BCUT2D eigenvalue weighted by Gasteiger charge is -2.18. The van der Waals surface area contributed by atoms with Crippen molar-refractivity contribution in [3.63, 3.8) is 0 Å². The molecule has 0 aliphatic carbocycles. The summed E-state index contributed by atoms with van der Waals surface area (Å²) in [6.07, 6.45) is 0.935. The molecule has 0 radical (unpaired) electrons. The van der Waals surface area contributed by atoms with Gasteiger partial charge in [0.1, 0.15) is 11.1 Å². The van der Waals surface area contributed by atoms with Crippen molar-refractivity contribution in [2.24, 2.45) is 0 Å². The van der Waals surface area contributed by atoms with Gasteiger partial charge in [-0.05, 0) is 32.9 Å². The van der Waals surface area contributed by atoms with Crippen LogP contribution >= 0.6 is 0 Å². The smallest absolute Gasteiger partial charge is 0.428 e. The first-order chi connectivity index (χ1) is 8.46. The fourth-order valence-corrected chi connectivity index (χ4v) is 1.52. The molecule has 0 unspecified atom stereocenters. The first-order valence-corrected chi connectivity index (χ1v) is 5.70. The van der Waals surface area contributed by atoms with Crippen LogP contribution in [0.15, 0.2) is 36.5 Å². The van der Waals surface area contributed by atoms with Crippen LogP contribution in [0.4, 0.5) is 4.79 Å². The summed E-state index contributed by atoms with van der Waals surface area (Å²) in [5.74, 6) is 0.405. The van der Waals surface area contributed by atoms with Gasteiger partial charge in [-0.3, -0.25) is 4.98 Å². The van der Waals surface area contributed by atoms with E-state index in [1.54, 1.807) is 33.0 Å². The molecule has 0 bridgehead atoms. The van der Waals surface area contributed by atoms with Gasteiger partial charge in [-0.1, -0.05) is 18.2 Å². The molecule has 1 aromatic heterocycles. The Bertz CT molecular complexity index is 567. The van der Waals surface area contributed by atoms with E-state index in [0.717, 1.165) is 5.39 Å². The van der Waals surface area contributed by atoms with Gasteiger partial charge in [-0.25, -0.2) is 4.79 Å². The normalized spacial score (nSPS) is 11.3. The van der Waals surface area contributed by atoms with Gasteiger partial charge < -0.3 is 9.47 Å². The highest BCUT2D eigenvalue weighted by Gasteiger charge is 2.18. The predicted molar refractivity (Wildman–Crippen MR) is 68.6 cm³/mol. The van der Waals surface area contributed by atoms with E-state index in [1.807, 2.05) is 24.3 Å². The Kier molecular flexibility index (Phi) is 3.19. The second kappa shape index (κ2) is 4.64. The molecule has 1 heterocycles. The minimum Gasteiger partial charge on any atom is -0.428 e. The Morgan fingerprint density at radius 1 is 1.17 bits per heavy atom. The topological polar surface area (TPSA) is 48.4 Å². The number of hydrogen-bond acceptors (Lipinski definition) is 4. The van der Waals surface area contributed by atoms with Crippen LogP contribution in [0.2, 0.25) is 0 Å². The molecule has 0 saturated heterocycles. The van der Waals surface area contributed by atoms with E-state index in [9.17, 15) is 4.79 Å². The number of rotatable bonds is 1. The van der Waals surface area contributed by atoms with Gasteiger partial charge in [0.25, 0.3) is 0 Å². The number of para-hydroxylation sites is 1. The molecule has 94 valence electrons. The average molecular weight is 245 g/mol. The average Bonchev–Trinajstić information content (AvgIpc) is 2.27. The highest BCUT2D eigenvalue weighted by Crippen LogP contribution is 2.23. The lowest BCUT2D eigenvalue weighted by Crippen LogP contribution is -2.26. The summed E-state index contributed by atoms with van der Waals surface area (Å²) in [5.41, 5.74) is 0.0700. The van der Waals surface area contributed by atoms with Crippen molar-refractivity contribution in [1.29, 1.82) is 0 Å². The summed E-state index contributed by atoms with van der Waals surface area (Å²) in [4.78, 5) is 15.8. The molecule has 0 N–H and O–H groups in total. The van der Waals surface area contributed by atoms with E-state index < -0.39 is 11.8 Å². The van der Waals surface area contributed by atoms with E-state index in [-0.39, 0.29) is 0 Å². The van der Waals surface area contributed by atoms with E-state index in [4.69, 9.17) is 9.47 Å². The first kappa shape index (κ1) is 12.4. The zero-order valence-corrected chi connectivity index (χ0v) is 10.6. The number of benzene rings is 1. The molecule has 0 spiro atoms. The van der Waals surface area contributed by atoms with Crippen molar-refractivity contribution < 1.29 is 14.3 Å². The third-order valence-corrected chi connectivity index (χ3v) is 2.18. The van der Waals surface area contributed by atoms with Crippen LogP contribution in [0.1, 0.15) is 20.8 Å². The second-order valence-electron chi connectivity index (χ2n) is 4.90. The number of carbonyl (C=O) groups is 1. The third kappa shape index (κ3) is 2.97. The van der Waals surface area contributed by atoms with Crippen LogP contribution in [0.5, 0.6) is 5.75 Å². The van der Waals surface area contributed by atoms with Crippen molar-refractivity contribution in [3.8, 4) is 5.75 Å². The number of hydrogen-bond donors (Lipinski definition) is 0. The molecule has 0 amide bonds. The van der Waals surface area contributed by atoms with Crippen LogP contribution in [0, 0.1) is 0 Å². The van der Waals surface area contributed by atoms with E-state index in [1.165, 1.54) is 0 Å². The third-order valence-electron chi connectivity index (χ3n) is 2.18. The van der Waals surface area contributed by atoms with Gasteiger partial charge in [-0.2, -0.15) is 0 Å². The maximum Gasteiger partial charge on any atom is 0.514 e. The predicted octanol–water partition coefficient (Wildman–Crippen LogP) is 3.55. The minimum absolute atomic E-state index is 0.405. The van der Waals surface area contributed by atoms with Crippen LogP contribution in [0.3, 0.4) is 0 Å². The molecular weight excluding hydrogens is 230 g/mol. The summed E-state index contributed by atoms with van der Waals surface area (Å²) < 4.78 is 10.3. The van der Waals surface area contributed by atoms with Crippen LogP contribution in [0.25, 0.3) is 10.9 Å². The monoisotopic (exact) mass is 245 g/mol. The van der Waals surface area contributed by atoms with Crippen LogP contribution in [-0.4, -0.2) is 16.7 Å². The van der Waals surface area contributed by atoms with Gasteiger partial charge in [0.2, 0.25) is 0 Å². The Morgan fingerprint density at radius 2 is 1.89 bits per heavy atom. The fraction of sp³-hybridized carbons (Fsp3) is 0.286. The van der Waals surface area contributed by atoms with E-state index in [0.29, 0.717) is 11.3 Å². The van der Waals surface area contributed by atoms with Gasteiger partial charge in [-0.15, -0.1) is 0 Å². The number of nitrogens with zero attached hydrogens (tertiary/aromatic N) is 1. The molecule has 2 aromatic rings. The Hall–Kier alpha value is -2.10. The molecule has 4 heteroatoms. The maximum atomic E-state index is 11.6. The number of aromatic nitrogens is 1. The molecule has 4 nitrogen and oxygen atoms in total. The minimum atomic E-state index is -0.722. The number of ether oxygens (including phenoxy) is 2. The largest absolute Gasteiger partial charge is 0.514 e. The molecule has 0 aliphatic heterocycles. The summed E-state index contributed by atoms with van der Waals surface area (Å²) in [7, 11) is 0. The highest BCUT2D eigenvalue weighted by atomic mass is 16.7. The Balaban J connectivity index is 2.24. The van der Waals surface area contributed by atoms with E-state index in [2.05, 4.69) is 4.98 Å². The SMILES string of the molecule is CC(C)(C)OC(=O)Oc1cccc2cccnc12. The molecule has 2 rings (SSSR count). The zero-order valence-electron chi connectivity index (χ0n) is 10.6. The standard InChI is InChI=1S/C14H15NO3/c1-14(2,3)18-13(16)17-11-8-4-6-10-7-5-9-15-12(10)11/h4-9H,1-3H3. The van der Waals surface area contributed by atoms with Crippen LogP contribution in [-0.2, 0) is 4.74 Å². The molecule has 0 fully saturated rings. The lowest BCUT2D eigenvalue weighted by atomic mass is 10.2. The van der Waals surface area contributed by atoms with Gasteiger partial charge in [0.05, 0.1) is 0 Å². The summed E-state index contributed by atoms with van der Waals surface area (Å²) in [5, 5.41) is 0.915. The molecule has 0 saturated carbocycles. The Labute approximate surface area is 106 Å². The maximum absolute atomic E-state index is 11.6. The molecule has 1 aromatic carbocycles. The molecule has 18 heavy (non-hydrogen) atoms. The summed E-state index contributed by atoms with van der Waals surface area (Å²) >= 11 is 0. The summed E-state index contributed by atoms with van der Waals surface area (Å²) in [6, 6.07) is 9.15. The van der Waals surface area contributed by atoms with Gasteiger partial charge in [0.15, 0.2) is 5.75 Å². The molecular formula is C14H15NO3. The van der Waals surface area contributed by atoms with Crippen molar-refractivity contribution in [3.05, 3.63) is 36.5 Å². The number of fused-ring (bicyclic) bond motifs is 1. The second-order valence-corrected chi connectivity index (χ2v) is 4.90. The van der Waals surface area contributed by atoms with Gasteiger partial charge >= 0.3 is 6.16 Å². The fourth-order valence-electron chi connectivity index (χ4n) is 1.52. The van der Waals surface area contributed by atoms with Crippen molar-refractivity contribution in [2.45, 2.75) is 26.4 Å². The summed E-state index contributed by atoms with van der Waals surface area (Å²) in [6.45, 7) is 5.36.